The lowest BCUT2D eigenvalue weighted by Crippen LogP contribution is -2.56. The summed E-state index contributed by atoms with van der Waals surface area (Å²) in [5.41, 5.74) is 0. The number of nitrogens with zero attached hydrogens (tertiary/aromatic N) is 1. The number of hydrogen-bond donors (Lipinski definition) is 2. The van der Waals surface area contributed by atoms with Crippen molar-refractivity contribution in [2.75, 3.05) is 13.6 Å². The van der Waals surface area contributed by atoms with E-state index < -0.39 is 0 Å². The fourth-order valence-electron chi connectivity index (χ4n) is 4.16. The zero-order valence-corrected chi connectivity index (χ0v) is 13.6. The van der Waals surface area contributed by atoms with Crippen molar-refractivity contribution in [2.45, 2.75) is 75.9 Å². The van der Waals surface area contributed by atoms with Crippen LogP contribution in [0, 0.1) is 5.92 Å². The summed E-state index contributed by atoms with van der Waals surface area (Å²) < 4.78 is 0. The molecule has 124 valence electrons. The predicted molar refractivity (Wildman–Crippen MR) is 85.3 cm³/mol. The van der Waals surface area contributed by atoms with Gasteiger partial charge in [-0.25, -0.2) is 0 Å². The van der Waals surface area contributed by atoms with Crippen molar-refractivity contribution in [1.29, 1.82) is 0 Å². The maximum atomic E-state index is 12.5. The minimum absolute atomic E-state index is 0.0954. The first-order valence-corrected chi connectivity index (χ1v) is 8.98. The van der Waals surface area contributed by atoms with E-state index in [0.29, 0.717) is 12.0 Å². The highest BCUT2D eigenvalue weighted by Gasteiger charge is 2.42. The van der Waals surface area contributed by atoms with Crippen molar-refractivity contribution >= 4 is 11.8 Å². The summed E-state index contributed by atoms with van der Waals surface area (Å²) in [6.45, 7) is 0.872. The molecule has 5 heteroatoms. The number of amides is 2. The largest absolute Gasteiger partial charge is 0.358 e. The summed E-state index contributed by atoms with van der Waals surface area (Å²) in [5.74, 6) is 0.644. The first kappa shape index (κ1) is 15.8. The lowest BCUT2D eigenvalue weighted by atomic mass is 9.82. The normalized spacial score (nSPS) is 28.3. The topological polar surface area (TPSA) is 61.4 Å². The van der Waals surface area contributed by atoms with E-state index in [1.54, 1.807) is 7.05 Å². The second-order valence-corrected chi connectivity index (χ2v) is 7.14. The molecule has 0 bridgehead atoms. The molecule has 2 amide bonds. The first-order valence-electron chi connectivity index (χ1n) is 8.98. The van der Waals surface area contributed by atoms with Crippen molar-refractivity contribution in [1.82, 2.24) is 15.5 Å². The Hall–Kier alpha value is -1.10. The number of rotatable bonds is 5. The lowest BCUT2D eigenvalue weighted by Gasteiger charge is -2.38. The molecule has 0 unspecified atom stereocenters. The molecule has 2 aliphatic carbocycles. The molecule has 1 heterocycles. The Balaban J connectivity index is 1.72. The van der Waals surface area contributed by atoms with Gasteiger partial charge in [0.05, 0.1) is 12.1 Å². The van der Waals surface area contributed by atoms with Crippen molar-refractivity contribution in [3.05, 3.63) is 0 Å². The summed E-state index contributed by atoms with van der Waals surface area (Å²) in [6.07, 6.45) is 10.1. The van der Waals surface area contributed by atoms with Crippen molar-refractivity contribution in [3.63, 3.8) is 0 Å². The van der Waals surface area contributed by atoms with E-state index in [1.165, 1.54) is 19.3 Å². The second kappa shape index (κ2) is 6.99. The monoisotopic (exact) mass is 307 g/mol. The van der Waals surface area contributed by atoms with E-state index in [0.717, 1.165) is 45.1 Å². The Morgan fingerprint density at radius 2 is 1.73 bits per heavy atom. The molecule has 0 aromatic rings. The van der Waals surface area contributed by atoms with Crippen molar-refractivity contribution in [2.24, 2.45) is 5.92 Å². The van der Waals surface area contributed by atoms with Gasteiger partial charge in [0.25, 0.3) is 0 Å². The molecule has 1 aliphatic heterocycles. The maximum Gasteiger partial charge on any atom is 0.237 e. The van der Waals surface area contributed by atoms with Gasteiger partial charge in [0.2, 0.25) is 11.8 Å². The number of likely N-dealkylation sites (N-methyl/N-ethyl adjacent to an activating group) is 1. The maximum absolute atomic E-state index is 12.5. The van der Waals surface area contributed by atoms with E-state index >= 15 is 0 Å². The van der Waals surface area contributed by atoms with Crippen LogP contribution in [-0.2, 0) is 9.59 Å². The van der Waals surface area contributed by atoms with Gasteiger partial charge in [-0.1, -0.05) is 19.3 Å². The molecule has 0 aromatic carbocycles. The molecule has 0 radical (unpaired) electrons. The van der Waals surface area contributed by atoms with Gasteiger partial charge in [0, 0.05) is 13.1 Å². The van der Waals surface area contributed by atoms with Crippen LogP contribution in [0.15, 0.2) is 0 Å². The van der Waals surface area contributed by atoms with Crippen LogP contribution in [0.25, 0.3) is 0 Å². The fraction of sp³-hybridized carbons (Fsp3) is 0.882. The van der Waals surface area contributed by atoms with E-state index in [2.05, 4.69) is 15.5 Å². The van der Waals surface area contributed by atoms with E-state index in [4.69, 9.17) is 0 Å². The standard InChI is InChI=1S/C17H29N3O2/c1-18-17(22)15(12-6-3-2-4-7-12)20-11-5-8-14(20)16(21)19-13-9-10-13/h12-15H,2-11H2,1H3,(H,18,22)(H,19,21)/t14-,15+/m0/s1. The molecule has 3 aliphatic rings. The van der Waals surface area contributed by atoms with Gasteiger partial charge >= 0.3 is 0 Å². The summed E-state index contributed by atoms with van der Waals surface area (Å²) in [4.78, 5) is 27.2. The lowest BCUT2D eigenvalue weighted by molar-refractivity contribution is -0.133. The molecule has 3 fully saturated rings. The number of likely N-dealkylation sites (tertiary alicyclic amines) is 1. The quantitative estimate of drug-likeness (QED) is 0.807. The predicted octanol–water partition coefficient (Wildman–Crippen LogP) is 1.42. The third kappa shape index (κ3) is 3.45. The molecular formula is C17H29N3O2. The number of hydrogen-bond acceptors (Lipinski definition) is 3. The van der Waals surface area contributed by atoms with Crippen LogP contribution in [0.3, 0.4) is 0 Å². The van der Waals surface area contributed by atoms with Crippen molar-refractivity contribution < 1.29 is 9.59 Å². The van der Waals surface area contributed by atoms with Crippen LogP contribution in [0.5, 0.6) is 0 Å². The second-order valence-electron chi connectivity index (χ2n) is 7.14. The number of nitrogens with one attached hydrogen (secondary N) is 2. The minimum Gasteiger partial charge on any atom is -0.358 e. The highest BCUT2D eigenvalue weighted by molar-refractivity contribution is 5.86. The van der Waals surface area contributed by atoms with Gasteiger partial charge in [-0.2, -0.15) is 0 Å². The summed E-state index contributed by atoms with van der Waals surface area (Å²) in [6, 6.07) is 0.163. The van der Waals surface area contributed by atoms with Gasteiger partial charge in [-0.15, -0.1) is 0 Å². The SMILES string of the molecule is CNC(=O)[C@@H](C1CCCCC1)N1CCC[C@H]1C(=O)NC1CC1. The molecule has 2 saturated carbocycles. The average molecular weight is 307 g/mol. The third-order valence-corrected chi connectivity index (χ3v) is 5.49. The van der Waals surface area contributed by atoms with Gasteiger partial charge in [0.1, 0.15) is 0 Å². The summed E-state index contributed by atoms with van der Waals surface area (Å²) in [5, 5.41) is 5.97. The van der Waals surface area contributed by atoms with Crippen LogP contribution in [-0.4, -0.2) is 48.4 Å². The van der Waals surface area contributed by atoms with E-state index in [9.17, 15) is 9.59 Å². The van der Waals surface area contributed by atoms with Gasteiger partial charge < -0.3 is 10.6 Å². The molecule has 2 atom stereocenters. The average Bonchev–Trinajstić information content (AvgIpc) is 3.22. The number of carbonyl (C=O) groups is 2. The Kier molecular flexibility index (Phi) is 5.01. The Labute approximate surface area is 133 Å². The van der Waals surface area contributed by atoms with Crippen LogP contribution in [0.4, 0.5) is 0 Å². The molecule has 5 nitrogen and oxygen atoms in total. The van der Waals surface area contributed by atoms with Crippen LogP contribution >= 0.6 is 0 Å². The molecule has 2 N–H and O–H groups in total. The van der Waals surface area contributed by atoms with Gasteiger partial charge in [-0.3, -0.25) is 14.5 Å². The molecule has 22 heavy (non-hydrogen) atoms. The summed E-state index contributed by atoms with van der Waals surface area (Å²) >= 11 is 0. The van der Waals surface area contributed by atoms with Gasteiger partial charge in [0.15, 0.2) is 0 Å². The minimum atomic E-state index is -0.122. The molecular weight excluding hydrogens is 278 g/mol. The fourth-order valence-corrected chi connectivity index (χ4v) is 4.16. The Morgan fingerprint density at radius 1 is 1.00 bits per heavy atom. The Morgan fingerprint density at radius 3 is 2.36 bits per heavy atom. The zero-order chi connectivity index (χ0) is 15.5. The molecule has 0 spiro atoms. The zero-order valence-electron chi connectivity index (χ0n) is 13.6. The molecule has 3 rings (SSSR count). The first-order chi connectivity index (χ1) is 10.7. The number of carbonyl (C=O) groups excluding carboxylic acids is 2. The van der Waals surface area contributed by atoms with Crippen molar-refractivity contribution in [3.8, 4) is 0 Å². The smallest absolute Gasteiger partial charge is 0.237 e. The van der Waals surface area contributed by atoms with Crippen LogP contribution < -0.4 is 10.6 Å². The third-order valence-electron chi connectivity index (χ3n) is 5.49. The van der Waals surface area contributed by atoms with Crippen LogP contribution in [0.1, 0.15) is 57.8 Å². The summed E-state index contributed by atoms with van der Waals surface area (Å²) in [7, 11) is 1.72. The van der Waals surface area contributed by atoms with E-state index in [-0.39, 0.29) is 23.9 Å². The Bertz CT molecular complexity index is 416. The van der Waals surface area contributed by atoms with E-state index in [1.807, 2.05) is 0 Å². The highest BCUT2D eigenvalue weighted by Crippen LogP contribution is 2.33. The van der Waals surface area contributed by atoms with Crippen LogP contribution in [0.2, 0.25) is 0 Å². The van der Waals surface area contributed by atoms with Gasteiger partial charge in [-0.05, 0) is 51.0 Å². The molecule has 0 aromatic heterocycles. The molecule has 1 saturated heterocycles. The highest BCUT2D eigenvalue weighted by atomic mass is 16.2.